The number of benzene rings is 1. The van der Waals surface area contributed by atoms with Crippen LogP contribution in [0.4, 0.5) is 0 Å². The topological polar surface area (TPSA) is 63.3 Å². The van der Waals surface area contributed by atoms with E-state index in [-0.39, 0.29) is 12.3 Å². The molecule has 19 heavy (non-hydrogen) atoms. The molecule has 4 nitrogen and oxygen atoms in total. The smallest absolute Gasteiger partial charge is 0.303 e. The molecule has 0 unspecified atom stereocenters. The van der Waals surface area contributed by atoms with Crippen molar-refractivity contribution in [3.63, 3.8) is 0 Å². The molecule has 1 aromatic heterocycles. The van der Waals surface area contributed by atoms with Crippen LogP contribution in [0.15, 0.2) is 34.7 Å². The number of carboxylic acids is 1. The molecule has 0 bridgehead atoms. The molecule has 2 aromatic rings. The van der Waals surface area contributed by atoms with Crippen LogP contribution in [-0.4, -0.2) is 16.1 Å². The summed E-state index contributed by atoms with van der Waals surface area (Å²) < 4.78 is 5.74. The van der Waals surface area contributed by atoms with Gasteiger partial charge in [0.1, 0.15) is 0 Å². The van der Waals surface area contributed by atoms with Gasteiger partial charge in [0.2, 0.25) is 0 Å². The second kappa shape index (κ2) is 5.69. The Morgan fingerprint density at radius 1 is 1.32 bits per heavy atom. The normalized spacial score (nSPS) is 10.9. The van der Waals surface area contributed by atoms with Crippen molar-refractivity contribution >= 4 is 5.97 Å². The Morgan fingerprint density at radius 3 is 2.58 bits per heavy atom. The van der Waals surface area contributed by atoms with Gasteiger partial charge in [0.05, 0.1) is 12.1 Å². The fourth-order valence-electron chi connectivity index (χ4n) is 1.89. The van der Waals surface area contributed by atoms with Crippen molar-refractivity contribution in [2.75, 3.05) is 0 Å². The first-order valence-electron chi connectivity index (χ1n) is 6.34. The van der Waals surface area contributed by atoms with Crippen LogP contribution in [0.5, 0.6) is 0 Å². The van der Waals surface area contributed by atoms with Gasteiger partial charge in [0.25, 0.3) is 0 Å². The summed E-state index contributed by atoms with van der Waals surface area (Å²) in [5.74, 6) is 0.629. The van der Waals surface area contributed by atoms with E-state index in [0.29, 0.717) is 12.3 Å². The predicted octanol–water partition coefficient (Wildman–Crippen LogP) is 3.48. The average Bonchev–Trinajstić information content (AvgIpc) is 2.82. The van der Waals surface area contributed by atoms with Crippen LogP contribution in [0.25, 0.3) is 11.3 Å². The standard InChI is InChI=1S/C15H17NO3/c1-10(2)14-15(11-6-4-3-5-7-11)19-12(16-14)8-9-13(17)18/h3-7,10H,8-9H2,1-2H3,(H,17,18). The minimum absolute atomic E-state index is 0.0340. The second-order valence-electron chi connectivity index (χ2n) is 4.74. The molecule has 0 radical (unpaired) electrons. The maximum Gasteiger partial charge on any atom is 0.303 e. The molecule has 2 rings (SSSR count). The van der Waals surface area contributed by atoms with Gasteiger partial charge in [-0.3, -0.25) is 4.79 Å². The molecule has 1 N–H and O–H groups in total. The molecular formula is C15H17NO3. The van der Waals surface area contributed by atoms with E-state index in [2.05, 4.69) is 4.98 Å². The lowest BCUT2D eigenvalue weighted by Gasteiger charge is -2.03. The Balaban J connectivity index is 2.34. The Labute approximate surface area is 112 Å². The van der Waals surface area contributed by atoms with Gasteiger partial charge in [-0.15, -0.1) is 0 Å². The number of carboxylic acid groups (broad SMARTS) is 1. The predicted molar refractivity (Wildman–Crippen MR) is 72.0 cm³/mol. The molecule has 100 valence electrons. The zero-order chi connectivity index (χ0) is 13.8. The van der Waals surface area contributed by atoms with Crippen molar-refractivity contribution < 1.29 is 14.3 Å². The van der Waals surface area contributed by atoms with Crippen LogP contribution in [-0.2, 0) is 11.2 Å². The molecule has 0 aliphatic rings. The van der Waals surface area contributed by atoms with Crippen molar-refractivity contribution in [1.29, 1.82) is 0 Å². The van der Waals surface area contributed by atoms with E-state index in [1.54, 1.807) is 0 Å². The van der Waals surface area contributed by atoms with E-state index >= 15 is 0 Å². The van der Waals surface area contributed by atoms with E-state index in [1.807, 2.05) is 44.2 Å². The van der Waals surface area contributed by atoms with Gasteiger partial charge in [-0.25, -0.2) is 4.98 Å². The summed E-state index contributed by atoms with van der Waals surface area (Å²) in [4.78, 5) is 15.0. The van der Waals surface area contributed by atoms with Crippen molar-refractivity contribution in [3.8, 4) is 11.3 Å². The zero-order valence-corrected chi connectivity index (χ0v) is 11.1. The fourth-order valence-corrected chi connectivity index (χ4v) is 1.89. The lowest BCUT2D eigenvalue weighted by atomic mass is 10.0. The van der Waals surface area contributed by atoms with E-state index in [9.17, 15) is 4.79 Å². The number of nitrogens with zero attached hydrogens (tertiary/aromatic N) is 1. The first-order chi connectivity index (χ1) is 9.08. The summed E-state index contributed by atoms with van der Waals surface area (Å²) in [5, 5.41) is 8.71. The maximum absolute atomic E-state index is 10.6. The first-order valence-corrected chi connectivity index (χ1v) is 6.34. The van der Waals surface area contributed by atoms with E-state index in [1.165, 1.54) is 0 Å². The van der Waals surface area contributed by atoms with Gasteiger partial charge in [0, 0.05) is 12.0 Å². The van der Waals surface area contributed by atoms with Gasteiger partial charge in [-0.2, -0.15) is 0 Å². The number of hydrogen-bond donors (Lipinski definition) is 1. The molecule has 0 spiro atoms. The highest BCUT2D eigenvalue weighted by molar-refractivity contribution is 5.67. The number of oxazole rings is 1. The van der Waals surface area contributed by atoms with Crippen LogP contribution < -0.4 is 0 Å². The fraction of sp³-hybridized carbons (Fsp3) is 0.333. The molecule has 1 aromatic carbocycles. The van der Waals surface area contributed by atoms with Gasteiger partial charge in [-0.1, -0.05) is 44.2 Å². The van der Waals surface area contributed by atoms with Crippen molar-refractivity contribution in [2.24, 2.45) is 0 Å². The average molecular weight is 259 g/mol. The van der Waals surface area contributed by atoms with Gasteiger partial charge in [0.15, 0.2) is 11.7 Å². The van der Waals surface area contributed by atoms with E-state index in [0.717, 1.165) is 17.0 Å². The second-order valence-corrected chi connectivity index (χ2v) is 4.74. The molecule has 1 heterocycles. The summed E-state index contributed by atoms with van der Waals surface area (Å²) in [5.41, 5.74) is 1.85. The summed E-state index contributed by atoms with van der Waals surface area (Å²) in [6.07, 6.45) is 0.355. The number of aryl methyl sites for hydroxylation is 1. The molecule has 0 fully saturated rings. The lowest BCUT2D eigenvalue weighted by molar-refractivity contribution is -0.137. The zero-order valence-electron chi connectivity index (χ0n) is 11.1. The molecule has 0 saturated carbocycles. The van der Waals surface area contributed by atoms with E-state index in [4.69, 9.17) is 9.52 Å². The third-order valence-corrected chi connectivity index (χ3v) is 2.83. The highest BCUT2D eigenvalue weighted by Crippen LogP contribution is 2.30. The monoisotopic (exact) mass is 259 g/mol. The quantitative estimate of drug-likeness (QED) is 0.892. The first kappa shape index (κ1) is 13.3. The summed E-state index contributed by atoms with van der Waals surface area (Å²) in [6, 6.07) is 9.76. The summed E-state index contributed by atoms with van der Waals surface area (Å²) >= 11 is 0. The third kappa shape index (κ3) is 3.22. The van der Waals surface area contributed by atoms with Crippen LogP contribution in [0.2, 0.25) is 0 Å². The van der Waals surface area contributed by atoms with Gasteiger partial charge in [-0.05, 0) is 5.92 Å². The van der Waals surface area contributed by atoms with Crippen molar-refractivity contribution in [2.45, 2.75) is 32.6 Å². The largest absolute Gasteiger partial charge is 0.481 e. The molecule has 4 heteroatoms. The highest BCUT2D eigenvalue weighted by Gasteiger charge is 2.17. The SMILES string of the molecule is CC(C)c1nc(CCC(=O)O)oc1-c1ccccc1. The van der Waals surface area contributed by atoms with Gasteiger partial charge >= 0.3 is 5.97 Å². The van der Waals surface area contributed by atoms with Crippen molar-refractivity contribution in [1.82, 2.24) is 4.98 Å². The molecule has 0 aliphatic heterocycles. The number of hydrogen-bond acceptors (Lipinski definition) is 3. The van der Waals surface area contributed by atoms with Gasteiger partial charge < -0.3 is 9.52 Å². The molecular weight excluding hydrogens is 242 g/mol. The molecule has 0 amide bonds. The minimum Gasteiger partial charge on any atom is -0.481 e. The number of rotatable bonds is 5. The number of aromatic nitrogens is 1. The summed E-state index contributed by atoms with van der Waals surface area (Å²) in [7, 11) is 0. The Kier molecular flexibility index (Phi) is 4.00. The number of carbonyl (C=O) groups is 1. The molecule has 0 atom stereocenters. The number of aliphatic carboxylic acids is 1. The highest BCUT2D eigenvalue weighted by atomic mass is 16.4. The third-order valence-electron chi connectivity index (χ3n) is 2.83. The van der Waals surface area contributed by atoms with Crippen LogP contribution in [0, 0.1) is 0 Å². The van der Waals surface area contributed by atoms with Crippen LogP contribution >= 0.6 is 0 Å². The Hall–Kier alpha value is -2.10. The minimum atomic E-state index is -0.842. The summed E-state index contributed by atoms with van der Waals surface area (Å²) in [6.45, 7) is 4.09. The lowest BCUT2D eigenvalue weighted by Crippen LogP contribution is -1.98. The molecule has 0 aliphatic carbocycles. The van der Waals surface area contributed by atoms with Crippen LogP contribution in [0.1, 0.15) is 37.8 Å². The molecule has 0 saturated heterocycles. The Morgan fingerprint density at radius 2 is 2.00 bits per heavy atom. The van der Waals surface area contributed by atoms with E-state index < -0.39 is 5.97 Å². The van der Waals surface area contributed by atoms with Crippen molar-refractivity contribution in [3.05, 3.63) is 41.9 Å². The maximum atomic E-state index is 10.6. The van der Waals surface area contributed by atoms with Crippen LogP contribution in [0.3, 0.4) is 0 Å². The Bertz CT molecular complexity index is 558.